The summed E-state index contributed by atoms with van der Waals surface area (Å²) in [6, 6.07) is 0.609. The van der Waals surface area contributed by atoms with Crippen LogP contribution in [0.5, 0.6) is 0 Å². The van der Waals surface area contributed by atoms with Gasteiger partial charge in [0.25, 0.3) is 0 Å². The van der Waals surface area contributed by atoms with Crippen LogP contribution in [-0.4, -0.2) is 17.6 Å². The van der Waals surface area contributed by atoms with Crippen LogP contribution in [0.1, 0.15) is 45.5 Å². The molecule has 1 heterocycles. The number of aromatic nitrogens is 1. The second-order valence-corrected chi connectivity index (χ2v) is 6.27. The van der Waals surface area contributed by atoms with E-state index in [1.165, 1.54) is 17.8 Å². The number of thiazole rings is 1. The van der Waals surface area contributed by atoms with E-state index in [-0.39, 0.29) is 0 Å². The molecule has 0 aliphatic heterocycles. The van der Waals surface area contributed by atoms with Gasteiger partial charge in [-0.2, -0.15) is 0 Å². The lowest BCUT2D eigenvalue weighted by atomic mass is 9.84. The molecule has 0 bridgehead atoms. The van der Waals surface area contributed by atoms with Crippen molar-refractivity contribution in [1.29, 1.82) is 0 Å². The van der Waals surface area contributed by atoms with Gasteiger partial charge >= 0.3 is 0 Å². The smallest absolute Gasteiger partial charge is 0.0924 e. The standard InChI is InChI=1S/C13H24N2S/c1-5-14-11(13(2,3)4)7-6-8-12-15-9-10-16-12/h9-11,14H,5-8H2,1-4H3. The molecule has 0 amide bonds. The van der Waals surface area contributed by atoms with E-state index in [2.05, 4.69) is 43.4 Å². The summed E-state index contributed by atoms with van der Waals surface area (Å²) >= 11 is 1.76. The van der Waals surface area contributed by atoms with E-state index >= 15 is 0 Å². The van der Waals surface area contributed by atoms with Gasteiger partial charge in [-0.3, -0.25) is 0 Å². The van der Waals surface area contributed by atoms with Gasteiger partial charge in [0.1, 0.15) is 0 Å². The quantitative estimate of drug-likeness (QED) is 0.823. The van der Waals surface area contributed by atoms with Gasteiger partial charge in [-0.05, 0) is 31.2 Å². The second-order valence-electron chi connectivity index (χ2n) is 5.29. The first kappa shape index (κ1) is 13.7. The summed E-state index contributed by atoms with van der Waals surface area (Å²) in [5.41, 5.74) is 0.346. The van der Waals surface area contributed by atoms with E-state index in [1.807, 2.05) is 6.20 Å². The first-order valence-electron chi connectivity index (χ1n) is 6.15. The predicted octanol–water partition coefficient (Wildman–Crippen LogP) is 3.49. The van der Waals surface area contributed by atoms with Gasteiger partial charge in [0.15, 0.2) is 0 Å². The molecule has 1 atom stereocenters. The molecular formula is C13H24N2S. The largest absolute Gasteiger partial charge is 0.314 e. The SMILES string of the molecule is CCNC(CCCc1nccs1)C(C)(C)C. The highest BCUT2D eigenvalue weighted by Gasteiger charge is 2.22. The minimum Gasteiger partial charge on any atom is -0.314 e. The molecule has 1 unspecified atom stereocenters. The molecule has 2 nitrogen and oxygen atoms in total. The zero-order valence-corrected chi connectivity index (χ0v) is 11.7. The van der Waals surface area contributed by atoms with Crippen LogP contribution in [0.2, 0.25) is 0 Å². The summed E-state index contributed by atoms with van der Waals surface area (Å²) in [4.78, 5) is 4.32. The third-order valence-electron chi connectivity index (χ3n) is 2.86. The molecule has 0 radical (unpaired) electrons. The van der Waals surface area contributed by atoms with Gasteiger partial charge in [0.2, 0.25) is 0 Å². The average Bonchev–Trinajstić information content (AvgIpc) is 2.67. The molecule has 0 saturated carbocycles. The highest BCUT2D eigenvalue weighted by molar-refractivity contribution is 7.09. The normalized spacial score (nSPS) is 14.0. The monoisotopic (exact) mass is 240 g/mol. The van der Waals surface area contributed by atoms with Crippen molar-refractivity contribution in [3.05, 3.63) is 16.6 Å². The molecular weight excluding hydrogens is 216 g/mol. The van der Waals surface area contributed by atoms with Crippen LogP contribution in [0.15, 0.2) is 11.6 Å². The van der Waals surface area contributed by atoms with Crippen molar-refractivity contribution in [3.8, 4) is 0 Å². The average molecular weight is 240 g/mol. The second kappa shape index (κ2) is 6.36. The molecule has 1 aromatic heterocycles. The third kappa shape index (κ3) is 4.62. The number of hydrogen-bond donors (Lipinski definition) is 1. The van der Waals surface area contributed by atoms with E-state index in [9.17, 15) is 0 Å². The Morgan fingerprint density at radius 1 is 1.44 bits per heavy atom. The van der Waals surface area contributed by atoms with Crippen molar-refractivity contribution < 1.29 is 0 Å². The fourth-order valence-corrected chi connectivity index (χ4v) is 2.58. The van der Waals surface area contributed by atoms with Crippen LogP contribution < -0.4 is 5.32 Å². The van der Waals surface area contributed by atoms with Gasteiger partial charge in [0, 0.05) is 17.6 Å². The summed E-state index contributed by atoms with van der Waals surface area (Å²) < 4.78 is 0. The Balaban J connectivity index is 2.33. The topological polar surface area (TPSA) is 24.9 Å². The van der Waals surface area contributed by atoms with Crippen molar-refractivity contribution in [1.82, 2.24) is 10.3 Å². The minimum atomic E-state index is 0.346. The Labute approximate surface area is 103 Å². The zero-order valence-electron chi connectivity index (χ0n) is 10.9. The van der Waals surface area contributed by atoms with Crippen molar-refractivity contribution in [2.75, 3.05) is 6.54 Å². The van der Waals surface area contributed by atoms with Crippen molar-refractivity contribution in [3.63, 3.8) is 0 Å². The van der Waals surface area contributed by atoms with Crippen LogP contribution in [-0.2, 0) is 6.42 Å². The first-order chi connectivity index (χ1) is 7.54. The number of aryl methyl sites for hydroxylation is 1. The fraction of sp³-hybridized carbons (Fsp3) is 0.769. The summed E-state index contributed by atoms with van der Waals surface area (Å²) in [6.45, 7) is 10.2. The molecule has 92 valence electrons. The maximum atomic E-state index is 4.32. The lowest BCUT2D eigenvalue weighted by molar-refractivity contribution is 0.254. The Kier molecular flexibility index (Phi) is 5.42. The van der Waals surface area contributed by atoms with Crippen molar-refractivity contribution >= 4 is 11.3 Å². The molecule has 0 aromatic carbocycles. The highest BCUT2D eigenvalue weighted by atomic mass is 32.1. The summed E-state index contributed by atoms with van der Waals surface area (Å²) in [5, 5.41) is 6.91. The molecule has 16 heavy (non-hydrogen) atoms. The zero-order chi connectivity index (χ0) is 12.0. The van der Waals surface area contributed by atoms with Gasteiger partial charge in [-0.15, -0.1) is 11.3 Å². The van der Waals surface area contributed by atoms with Crippen LogP contribution >= 0.6 is 11.3 Å². The Bertz CT molecular complexity index is 275. The predicted molar refractivity (Wildman–Crippen MR) is 72.0 cm³/mol. The molecule has 0 spiro atoms. The minimum absolute atomic E-state index is 0.346. The Hall–Kier alpha value is -0.410. The Morgan fingerprint density at radius 2 is 2.19 bits per heavy atom. The Morgan fingerprint density at radius 3 is 2.69 bits per heavy atom. The summed E-state index contributed by atoms with van der Waals surface area (Å²) in [5.74, 6) is 0. The molecule has 3 heteroatoms. The molecule has 0 aliphatic carbocycles. The van der Waals surface area contributed by atoms with Gasteiger partial charge in [-0.25, -0.2) is 4.98 Å². The van der Waals surface area contributed by atoms with Crippen molar-refractivity contribution in [2.24, 2.45) is 5.41 Å². The fourth-order valence-electron chi connectivity index (χ4n) is 1.92. The van der Waals surface area contributed by atoms with Crippen LogP contribution in [0, 0.1) is 5.41 Å². The van der Waals surface area contributed by atoms with Crippen LogP contribution in [0.4, 0.5) is 0 Å². The van der Waals surface area contributed by atoms with Gasteiger partial charge in [-0.1, -0.05) is 27.7 Å². The van der Waals surface area contributed by atoms with E-state index < -0.39 is 0 Å². The highest BCUT2D eigenvalue weighted by Crippen LogP contribution is 2.23. The lowest BCUT2D eigenvalue weighted by Gasteiger charge is -2.31. The molecule has 0 saturated heterocycles. The third-order valence-corrected chi connectivity index (χ3v) is 3.70. The summed E-state index contributed by atoms with van der Waals surface area (Å²) in [6.07, 6.45) is 5.47. The number of nitrogens with zero attached hydrogens (tertiary/aromatic N) is 1. The number of rotatable bonds is 6. The maximum Gasteiger partial charge on any atom is 0.0924 e. The molecule has 0 fully saturated rings. The lowest BCUT2D eigenvalue weighted by Crippen LogP contribution is -2.40. The van der Waals surface area contributed by atoms with E-state index in [0.717, 1.165) is 13.0 Å². The van der Waals surface area contributed by atoms with Gasteiger partial charge in [0.05, 0.1) is 5.01 Å². The summed E-state index contributed by atoms with van der Waals surface area (Å²) in [7, 11) is 0. The van der Waals surface area contributed by atoms with Gasteiger partial charge < -0.3 is 5.32 Å². The maximum absolute atomic E-state index is 4.32. The van der Waals surface area contributed by atoms with E-state index in [4.69, 9.17) is 0 Å². The van der Waals surface area contributed by atoms with Crippen LogP contribution in [0.25, 0.3) is 0 Å². The van der Waals surface area contributed by atoms with Crippen LogP contribution in [0.3, 0.4) is 0 Å². The first-order valence-corrected chi connectivity index (χ1v) is 7.03. The molecule has 1 rings (SSSR count). The molecule has 0 aliphatic rings. The molecule has 1 N–H and O–H groups in total. The number of nitrogens with one attached hydrogen (secondary N) is 1. The van der Waals surface area contributed by atoms with E-state index in [1.54, 1.807) is 11.3 Å². The number of hydrogen-bond acceptors (Lipinski definition) is 3. The molecule has 1 aromatic rings. The van der Waals surface area contributed by atoms with Crippen molar-refractivity contribution in [2.45, 2.75) is 53.0 Å². The van der Waals surface area contributed by atoms with E-state index in [0.29, 0.717) is 11.5 Å².